The van der Waals surface area contributed by atoms with Crippen molar-refractivity contribution in [1.29, 1.82) is 0 Å². The van der Waals surface area contributed by atoms with Crippen molar-refractivity contribution in [3.63, 3.8) is 0 Å². The maximum atomic E-state index is 11.8. The van der Waals surface area contributed by atoms with Gasteiger partial charge in [-0.1, -0.05) is 13.8 Å². The van der Waals surface area contributed by atoms with Crippen molar-refractivity contribution in [2.75, 3.05) is 7.11 Å². The van der Waals surface area contributed by atoms with Crippen molar-refractivity contribution in [3.8, 4) is 0 Å². The second kappa shape index (κ2) is 6.08. The molecule has 0 aromatic carbocycles. The van der Waals surface area contributed by atoms with Crippen molar-refractivity contribution >= 4 is 11.9 Å². The second-order valence-corrected chi connectivity index (χ2v) is 4.26. The van der Waals surface area contributed by atoms with Gasteiger partial charge in [0.2, 0.25) is 0 Å². The summed E-state index contributed by atoms with van der Waals surface area (Å²) in [5.74, 6) is -0.423. The zero-order valence-electron chi connectivity index (χ0n) is 10.3. The molecule has 0 fully saturated rings. The lowest BCUT2D eigenvalue weighted by molar-refractivity contribution is -0.143. The molecule has 2 N–H and O–H groups in total. The molecule has 0 spiro atoms. The van der Waals surface area contributed by atoms with Crippen LogP contribution in [0, 0.1) is 5.92 Å². The lowest BCUT2D eigenvalue weighted by Crippen LogP contribution is -2.42. The molecule has 0 radical (unpaired) electrons. The molecule has 17 heavy (non-hydrogen) atoms. The molecule has 1 heterocycles. The van der Waals surface area contributed by atoms with Gasteiger partial charge in [0.1, 0.15) is 11.7 Å². The number of aromatic nitrogens is 1. The van der Waals surface area contributed by atoms with Crippen LogP contribution in [0.2, 0.25) is 0 Å². The smallest absolute Gasteiger partial charge is 0.328 e. The van der Waals surface area contributed by atoms with Crippen LogP contribution in [0.3, 0.4) is 0 Å². The molecule has 0 bridgehead atoms. The van der Waals surface area contributed by atoms with E-state index in [0.717, 1.165) is 0 Å². The quantitative estimate of drug-likeness (QED) is 0.760. The molecule has 0 unspecified atom stereocenters. The summed E-state index contributed by atoms with van der Waals surface area (Å²) in [6.45, 7) is 3.97. The van der Waals surface area contributed by atoms with Crippen LogP contribution < -0.4 is 5.32 Å². The fourth-order valence-corrected chi connectivity index (χ4v) is 1.54. The summed E-state index contributed by atoms with van der Waals surface area (Å²) in [7, 11) is 1.32. The average Bonchev–Trinajstić information content (AvgIpc) is 2.79. The third-order valence-corrected chi connectivity index (χ3v) is 2.34. The van der Waals surface area contributed by atoms with E-state index in [4.69, 9.17) is 0 Å². The maximum absolute atomic E-state index is 11.8. The fraction of sp³-hybridized carbons (Fsp3) is 0.500. The van der Waals surface area contributed by atoms with E-state index in [-0.39, 0.29) is 5.91 Å². The first-order valence-electron chi connectivity index (χ1n) is 5.56. The lowest BCUT2D eigenvalue weighted by atomic mass is 10.0. The Morgan fingerprint density at radius 2 is 2.18 bits per heavy atom. The van der Waals surface area contributed by atoms with Crippen LogP contribution >= 0.6 is 0 Å². The average molecular weight is 238 g/mol. The summed E-state index contributed by atoms with van der Waals surface area (Å²) < 4.78 is 4.67. The van der Waals surface area contributed by atoms with E-state index in [1.54, 1.807) is 18.3 Å². The Labute approximate surface area is 101 Å². The highest BCUT2D eigenvalue weighted by Crippen LogP contribution is 2.07. The van der Waals surface area contributed by atoms with Crippen molar-refractivity contribution in [2.24, 2.45) is 5.92 Å². The first-order valence-corrected chi connectivity index (χ1v) is 5.56. The Kier molecular flexibility index (Phi) is 4.75. The Morgan fingerprint density at radius 3 is 2.65 bits per heavy atom. The van der Waals surface area contributed by atoms with E-state index >= 15 is 0 Å². The topological polar surface area (TPSA) is 71.2 Å². The summed E-state index contributed by atoms with van der Waals surface area (Å²) in [6.07, 6.45) is 2.21. The minimum Gasteiger partial charge on any atom is -0.467 e. The predicted octanol–water partition coefficient (Wildman–Crippen LogP) is 1.33. The number of H-pyrrole nitrogens is 1. The SMILES string of the molecule is COC(=O)[C@H](CC(C)C)NC(=O)c1ccc[nH]1. The molecule has 1 aromatic heterocycles. The molecule has 0 aliphatic carbocycles. The molecule has 1 atom stereocenters. The Balaban J connectivity index is 2.66. The number of aromatic amines is 1. The molecule has 94 valence electrons. The van der Waals surface area contributed by atoms with Gasteiger partial charge < -0.3 is 15.0 Å². The Morgan fingerprint density at radius 1 is 1.47 bits per heavy atom. The molecule has 1 aromatic rings. The first kappa shape index (κ1) is 13.3. The summed E-state index contributed by atoms with van der Waals surface area (Å²) in [5.41, 5.74) is 0.433. The monoisotopic (exact) mass is 238 g/mol. The fourth-order valence-electron chi connectivity index (χ4n) is 1.54. The molecule has 1 amide bonds. The van der Waals surface area contributed by atoms with Gasteiger partial charge in [0.15, 0.2) is 0 Å². The molecule has 1 rings (SSSR count). The van der Waals surface area contributed by atoms with E-state index in [1.807, 2.05) is 13.8 Å². The standard InChI is InChI=1S/C12H18N2O3/c1-8(2)7-10(12(16)17-3)14-11(15)9-5-4-6-13-9/h4-6,8,10,13H,7H2,1-3H3,(H,14,15)/t10-/m0/s1. The van der Waals surface area contributed by atoms with Crippen molar-refractivity contribution in [3.05, 3.63) is 24.0 Å². The molecule has 0 aliphatic heterocycles. The van der Waals surface area contributed by atoms with Crippen molar-refractivity contribution < 1.29 is 14.3 Å². The summed E-state index contributed by atoms with van der Waals surface area (Å²) >= 11 is 0. The van der Waals surface area contributed by atoms with Crippen LogP contribution in [0.15, 0.2) is 18.3 Å². The number of ether oxygens (including phenoxy) is 1. The van der Waals surface area contributed by atoms with E-state index < -0.39 is 12.0 Å². The van der Waals surface area contributed by atoms with E-state index in [9.17, 15) is 9.59 Å². The summed E-state index contributed by atoms with van der Waals surface area (Å²) in [5, 5.41) is 2.66. The molecule has 5 nitrogen and oxygen atoms in total. The number of esters is 1. The van der Waals surface area contributed by atoms with Gasteiger partial charge in [-0.05, 0) is 24.5 Å². The van der Waals surface area contributed by atoms with E-state index in [2.05, 4.69) is 15.0 Å². The van der Waals surface area contributed by atoms with Gasteiger partial charge in [0.25, 0.3) is 5.91 Å². The van der Waals surface area contributed by atoms with Gasteiger partial charge in [0.05, 0.1) is 7.11 Å². The zero-order chi connectivity index (χ0) is 12.8. The van der Waals surface area contributed by atoms with Crippen LogP contribution in [-0.2, 0) is 9.53 Å². The van der Waals surface area contributed by atoms with Crippen LogP contribution in [0.5, 0.6) is 0 Å². The van der Waals surface area contributed by atoms with Gasteiger partial charge >= 0.3 is 5.97 Å². The normalized spacial score (nSPS) is 12.2. The molecule has 0 saturated carbocycles. The van der Waals surface area contributed by atoms with Crippen LogP contribution in [-0.4, -0.2) is 30.0 Å². The van der Waals surface area contributed by atoms with Gasteiger partial charge in [-0.25, -0.2) is 4.79 Å². The van der Waals surface area contributed by atoms with E-state index in [1.165, 1.54) is 7.11 Å². The van der Waals surface area contributed by atoms with E-state index in [0.29, 0.717) is 18.0 Å². The van der Waals surface area contributed by atoms with Crippen LogP contribution in [0.1, 0.15) is 30.8 Å². The maximum Gasteiger partial charge on any atom is 0.328 e. The number of carbonyl (C=O) groups is 2. The highest BCUT2D eigenvalue weighted by molar-refractivity contribution is 5.95. The van der Waals surface area contributed by atoms with Crippen molar-refractivity contribution in [2.45, 2.75) is 26.3 Å². The van der Waals surface area contributed by atoms with Gasteiger partial charge in [0, 0.05) is 6.20 Å². The van der Waals surface area contributed by atoms with Crippen LogP contribution in [0.25, 0.3) is 0 Å². The number of amides is 1. The number of methoxy groups -OCH3 is 1. The summed E-state index contributed by atoms with van der Waals surface area (Å²) in [4.78, 5) is 26.1. The predicted molar refractivity (Wildman–Crippen MR) is 63.5 cm³/mol. The Bertz CT molecular complexity index is 371. The molecular formula is C12H18N2O3. The summed E-state index contributed by atoms with van der Waals surface area (Å²) in [6, 6.07) is 2.78. The van der Waals surface area contributed by atoms with Gasteiger partial charge in [-0.15, -0.1) is 0 Å². The zero-order valence-corrected chi connectivity index (χ0v) is 10.3. The molecule has 5 heteroatoms. The second-order valence-electron chi connectivity index (χ2n) is 4.26. The largest absolute Gasteiger partial charge is 0.467 e. The number of rotatable bonds is 5. The third-order valence-electron chi connectivity index (χ3n) is 2.34. The number of hydrogen-bond donors (Lipinski definition) is 2. The number of hydrogen-bond acceptors (Lipinski definition) is 3. The minimum absolute atomic E-state index is 0.294. The molecular weight excluding hydrogens is 220 g/mol. The molecule has 0 aliphatic rings. The van der Waals surface area contributed by atoms with Crippen molar-refractivity contribution in [1.82, 2.24) is 10.3 Å². The molecule has 0 saturated heterocycles. The van der Waals surface area contributed by atoms with Gasteiger partial charge in [-0.3, -0.25) is 4.79 Å². The lowest BCUT2D eigenvalue weighted by Gasteiger charge is -2.17. The Hall–Kier alpha value is -1.78. The number of carbonyl (C=O) groups excluding carboxylic acids is 2. The minimum atomic E-state index is -0.601. The highest BCUT2D eigenvalue weighted by atomic mass is 16.5. The van der Waals surface area contributed by atoms with Gasteiger partial charge in [-0.2, -0.15) is 0 Å². The first-order chi connectivity index (χ1) is 8.04. The third kappa shape index (κ3) is 3.94. The van der Waals surface area contributed by atoms with Crippen LogP contribution in [0.4, 0.5) is 0 Å². The number of nitrogens with one attached hydrogen (secondary N) is 2. The highest BCUT2D eigenvalue weighted by Gasteiger charge is 2.23.